The first-order valence-corrected chi connectivity index (χ1v) is 9.12. The van der Waals surface area contributed by atoms with Crippen LogP contribution in [0.15, 0.2) is 21.6 Å². The Morgan fingerprint density at radius 1 is 1.42 bits per heavy atom. The van der Waals surface area contributed by atoms with Gasteiger partial charge in [-0.05, 0) is 38.3 Å². The Balaban J connectivity index is 2.08. The highest BCUT2D eigenvalue weighted by molar-refractivity contribution is 7.99. The van der Waals surface area contributed by atoms with Gasteiger partial charge in [0.15, 0.2) is 0 Å². The molecule has 0 bridgehead atoms. The molecule has 1 saturated carbocycles. The van der Waals surface area contributed by atoms with Gasteiger partial charge in [-0.1, -0.05) is 6.42 Å². The van der Waals surface area contributed by atoms with Crippen molar-refractivity contribution >= 4 is 21.8 Å². The fourth-order valence-electron chi connectivity index (χ4n) is 2.37. The van der Waals surface area contributed by atoms with Gasteiger partial charge in [0.2, 0.25) is 5.09 Å². The molecule has 0 radical (unpaired) electrons. The van der Waals surface area contributed by atoms with E-state index in [2.05, 4.69) is 10.0 Å². The monoisotopic (exact) mass is 304 g/mol. The van der Waals surface area contributed by atoms with Crippen LogP contribution in [0.5, 0.6) is 0 Å². The Bertz CT molecular complexity index is 513. The summed E-state index contributed by atoms with van der Waals surface area (Å²) in [6.07, 6.45) is 5.06. The second-order valence-corrected chi connectivity index (χ2v) is 7.41. The predicted molar refractivity (Wildman–Crippen MR) is 76.7 cm³/mol. The summed E-state index contributed by atoms with van der Waals surface area (Å²) in [5.74, 6) is 0.621. The lowest BCUT2D eigenvalue weighted by Gasteiger charge is -2.18. The van der Waals surface area contributed by atoms with E-state index < -0.39 is 10.0 Å². The minimum absolute atomic E-state index is 0.00417. The summed E-state index contributed by atoms with van der Waals surface area (Å²) >= 11 is 1.72. The normalized spacial score (nSPS) is 23.9. The van der Waals surface area contributed by atoms with Crippen molar-refractivity contribution in [3.05, 3.63) is 17.9 Å². The van der Waals surface area contributed by atoms with Crippen LogP contribution < -0.4 is 10.0 Å². The topological polar surface area (TPSA) is 71.3 Å². The molecule has 1 aromatic heterocycles. The molecule has 5 nitrogen and oxygen atoms in total. The molecule has 0 aliphatic heterocycles. The standard InChI is InChI=1S/C12H20N2O3S2/c1-13-8-9-6-7-12(17-9)19(15,16)14-10-4-3-5-11(10)18-2/h6-7,10-11,13-14H,3-5,8H2,1-2H3. The van der Waals surface area contributed by atoms with Crippen molar-refractivity contribution < 1.29 is 12.8 Å². The average Bonchev–Trinajstić information content (AvgIpc) is 2.98. The molecule has 2 N–H and O–H groups in total. The van der Waals surface area contributed by atoms with Crippen molar-refractivity contribution in [3.63, 3.8) is 0 Å². The smallest absolute Gasteiger partial charge is 0.274 e. The second kappa shape index (κ2) is 6.30. The van der Waals surface area contributed by atoms with E-state index in [0.29, 0.717) is 17.6 Å². The van der Waals surface area contributed by atoms with Crippen molar-refractivity contribution in [2.45, 2.75) is 42.2 Å². The molecule has 1 fully saturated rings. The molecule has 2 rings (SSSR count). The maximum Gasteiger partial charge on any atom is 0.274 e. The molecule has 0 spiro atoms. The van der Waals surface area contributed by atoms with Crippen molar-refractivity contribution in [3.8, 4) is 0 Å². The third kappa shape index (κ3) is 3.53. The van der Waals surface area contributed by atoms with Gasteiger partial charge in [0.25, 0.3) is 10.0 Å². The van der Waals surface area contributed by atoms with Gasteiger partial charge in [-0.2, -0.15) is 11.8 Å². The summed E-state index contributed by atoms with van der Waals surface area (Å²) in [7, 11) is -1.75. The Morgan fingerprint density at radius 2 is 2.21 bits per heavy atom. The molecular weight excluding hydrogens is 284 g/mol. The highest BCUT2D eigenvalue weighted by Crippen LogP contribution is 2.29. The first-order valence-electron chi connectivity index (χ1n) is 6.35. The zero-order valence-electron chi connectivity index (χ0n) is 11.2. The molecule has 108 valence electrons. The minimum atomic E-state index is -3.54. The largest absolute Gasteiger partial charge is 0.447 e. The van der Waals surface area contributed by atoms with Crippen LogP contribution in [0.25, 0.3) is 0 Å². The van der Waals surface area contributed by atoms with Crippen LogP contribution in [-0.2, 0) is 16.6 Å². The van der Waals surface area contributed by atoms with Gasteiger partial charge in [0.1, 0.15) is 5.76 Å². The SMILES string of the molecule is CNCc1ccc(S(=O)(=O)NC2CCCC2SC)o1. The minimum Gasteiger partial charge on any atom is -0.447 e. The van der Waals surface area contributed by atoms with E-state index in [-0.39, 0.29) is 11.1 Å². The van der Waals surface area contributed by atoms with Crippen LogP contribution in [0, 0.1) is 0 Å². The van der Waals surface area contributed by atoms with E-state index in [1.165, 1.54) is 6.07 Å². The van der Waals surface area contributed by atoms with Crippen LogP contribution in [0.4, 0.5) is 0 Å². The average molecular weight is 304 g/mol. The lowest BCUT2D eigenvalue weighted by atomic mass is 10.3. The van der Waals surface area contributed by atoms with Gasteiger partial charge in [0.05, 0.1) is 6.54 Å². The highest BCUT2D eigenvalue weighted by Gasteiger charge is 2.31. The first kappa shape index (κ1) is 14.9. The maximum atomic E-state index is 12.2. The summed E-state index contributed by atoms with van der Waals surface area (Å²) in [5.41, 5.74) is 0. The van der Waals surface area contributed by atoms with Gasteiger partial charge in [0, 0.05) is 11.3 Å². The number of thioether (sulfide) groups is 1. The summed E-state index contributed by atoms with van der Waals surface area (Å²) in [6.45, 7) is 0.520. The Kier molecular flexibility index (Phi) is 4.94. The van der Waals surface area contributed by atoms with E-state index in [1.807, 2.05) is 6.26 Å². The summed E-state index contributed by atoms with van der Waals surface area (Å²) in [6, 6.07) is 3.21. The predicted octanol–water partition coefficient (Wildman–Crippen LogP) is 1.56. The third-order valence-corrected chi connectivity index (χ3v) is 5.85. The molecule has 0 saturated heterocycles. The van der Waals surface area contributed by atoms with E-state index >= 15 is 0 Å². The lowest BCUT2D eigenvalue weighted by Crippen LogP contribution is -2.38. The van der Waals surface area contributed by atoms with Crippen LogP contribution >= 0.6 is 11.8 Å². The van der Waals surface area contributed by atoms with Crippen molar-refractivity contribution in [1.29, 1.82) is 0 Å². The van der Waals surface area contributed by atoms with Gasteiger partial charge in [-0.15, -0.1) is 0 Å². The summed E-state index contributed by atoms with van der Waals surface area (Å²) in [4.78, 5) is 0. The van der Waals surface area contributed by atoms with Crippen LogP contribution in [0.1, 0.15) is 25.0 Å². The Hall–Kier alpha value is -0.500. The van der Waals surface area contributed by atoms with Gasteiger partial charge >= 0.3 is 0 Å². The lowest BCUT2D eigenvalue weighted by molar-refractivity contribution is 0.402. The van der Waals surface area contributed by atoms with Crippen molar-refractivity contribution in [1.82, 2.24) is 10.0 Å². The maximum absolute atomic E-state index is 12.2. The number of hydrogen-bond donors (Lipinski definition) is 2. The molecule has 2 unspecified atom stereocenters. The molecule has 0 aromatic carbocycles. The number of sulfonamides is 1. The molecule has 1 aliphatic rings. The first-order chi connectivity index (χ1) is 9.06. The fourth-order valence-corrected chi connectivity index (χ4v) is 4.65. The zero-order chi connectivity index (χ0) is 13.9. The molecule has 1 heterocycles. The van der Waals surface area contributed by atoms with E-state index in [9.17, 15) is 8.42 Å². The molecular formula is C12H20N2O3S2. The van der Waals surface area contributed by atoms with Crippen molar-refractivity contribution in [2.24, 2.45) is 0 Å². The molecule has 2 atom stereocenters. The fraction of sp³-hybridized carbons (Fsp3) is 0.667. The molecule has 7 heteroatoms. The number of furan rings is 1. The summed E-state index contributed by atoms with van der Waals surface area (Å²) < 4.78 is 32.6. The number of rotatable bonds is 6. The number of hydrogen-bond acceptors (Lipinski definition) is 5. The van der Waals surface area contributed by atoms with Crippen LogP contribution in [0.3, 0.4) is 0 Å². The summed E-state index contributed by atoms with van der Waals surface area (Å²) in [5, 5.41) is 3.29. The van der Waals surface area contributed by atoms with E-state index in [0.717, 1.165) is 19.3 Å². The van der Waals surface area contributed by atoms with Gasteiger partial charge < -0.3 is 9.73 Å². The quantitative estimate of drug-likeness (QED) is 0.834. The number of nitrogens with one attached hydrogen (secondary N) is 2. The third-order valence-electron chi connectivity index (χ3n) is 3.31. The Morgan fingerprint density at radius 3 is 2.89 bits per heavy atom. The second-order valence-electron chi connectivity index (χ2n) is 4.68. The molecule has 1 aromatic rings. The zero-order valence-corrected chi connectivity index (χ0v) is 12.8. The highest BCUT2D eigenvalue weighted by atomic mass is 32.2. The van der Waals surface area contributed by atoms with Crippen LogP contribution in [0.2, 0.25) is 0 Å². The van der Waals surface area contributed by atoms with Crippen LogP contribution in [-0.4, -0.2) is 33.0 Å². The molecule has 19 heavy (non-hydrogen) atoms. The van der Waals surface area contributed by atoms with E-state index in [1.54, 1.807) is 24.9 Å². The van der Waals surface area contributed by atoms with E-state index in [4.69, 9.17) is 4.42 Å². The van der Waals surface area contributed by atoms with Gasteiger partial charge in [-0.3, -0.25) is 0 Å². The molecule has 1 aliphatic carbocycles. The van der Waals surface area contributed by atoms with Crippen molar-refractivity contribution in [2.75, 3.05) is 13.3 Å². The molecule has 0 amide bonds. The Labute approximate surface area is 118 Å². The van der Waals surface area contributed by atoms with Gasteiger partial charge in [-0.25, -0.2) is 13.1 Å².